The standard InChI is InChI=1S/C10H12N4O2/c1-3-13(4-2)10-6-5-9(14(15)16)8(7-11)12-10/h5-6H,3-4H2,1-2H3. The zero-order valence-electron chi connectivity index (χ0n) is 9.17. The third kappa shape index (κ3) is 2.25. The van der Waals surface area contributed by atoms with Gasteiger partial charge in [0.2, 0.25) is 5.69 Å². The molecule has 0 saturated carbocycles. The van der Waals surface area contributed by atoms with Crippen molar-refractivity contribution in [1.82, 2.24) is 4.98 Å². The minimum atomic E-state index is -0.600. The molecule has 16 heavy (non-hydrogen) atoms. The van der Waals surface area contributed by atoms with E-state index in [9.17, 15) is 10.1 Å². The first-order valence-electron chi connectivity index (χ1n) is 4.94. The SMILES string of the molecule is CCN(CC)c1ccc([N+](=O)[O-])c(C#N)n1. The van der Waals surface area contributed by atoms with E-state index >= 15 is 0 Å². The highest BCUT2D eigenvalue weighted by molar-refractivity contribution is 5.51. The second-order valence-corrected chi connectivity index (χ2v) is 3.08. The molecule has 0 spiro atoms. The Morgan fingerprint density at radius 3 is 2.56 bits per heavy atom. The van der Waals surface area contributed by atoms with Gasteiger partial charge in [0.15, 0.2) is 0 Å². The molecule has 1 rings (SSSR count). The number of nitriles is 1. The van der Waals surface area contributed by atoms with Crippen LogP contribution in [0.4, 0.5) is 11.5 Å². The molecule has 0 bridgehead atoms. The molecule has 0 amide bonds. The summed E-state index contributed by atoms with van der Waals surface area (Å²) < 4.78 is 0. The van der Waals surface area contributed by atoms with Crippen LogP contribution in [-0.2, 0) is 0 Å². The Morgan fingerprint density at radius 1 is 1.50 bits per heavy atom. The van der Waals surface area contributed by atoms with Crippen LogP contribution in [0.25, 0.3) is 0 Å². The predicted octanol–water partition coefficient (Wildman–Crippen LogP) is 1.71. The fourth-order valence-corrected chi connectivity index (χ4v) is 1.39. The molecule has 0 aliphatic heterocycles. The lowest BCUT2D eigenvalue weighted by Gasteiger charge is -2.19. The molecule has 1 aromatic heterocycles. The van der Waals surface area contributed by atoms with E-state index in [-0.39, 0.29) is 11.4 Å². The second-order valence-electron chi connectivity index (χ2n) is 3.08. The van der Waals surface area contributed by atoms with Gasteiger partial charge in [-0.3, -0.25) is 10.1 Å². The average Bonchev–Trinajstić information content (AvgIpc) is 2.30. The number of nitrogens with zero attached hydrogens (tertiary/aromatic N) is 4. The van der Waals surface area contributed by atoms with Crippen LogP contribution in [-0.4, -0.2) is 23.0 Å². The summed E-state index contributed by atoms with van der Waals surface area (Å²) in [6.07, 6.45) is 0. The zero-order chi connectivity index (χ0) is 12.1. The van der Waals surface area contributed by atoms with Crippen molar-refractivity contribution in [3.8, 4) is 6.07 Å². The van der Waals surface area contributed by atoms with Crippen LogP contribution in [0.15, 0.2) is 12.1 Å². The molecule has 0 saturated heterocycles. The highest BCUT2D eigenvalue weighted by Crippen LogP contribution is 2.20. The van der Waals surface area contributed by atoms with Gasteiger partial charge in [0, 0.05) is 19.2 Å². The molecule has 6 heteroatoms. The smallest absolute Gasteiger partial charge is 0.305 e. The number of nitro groups is 1. The normalized spacial score (nSPS) is 9.56. The van der Waals surface area contributed by atoms with Crippen molar-refractivity contribution in [2.75, 3.05) is 18.0 Å². The first kappa shape index (κ1) is 11.9. The van der Waals surface area contributed by atoms with Crippen LogP contribution >= 0.6 is 0 Å². The van der Waals surface area contributed by atoms with Crippen LogP contribution < -0.4 is 4.90 Å². The molecule has 1 aromatic rings. The Bertz CT molecular complexity index is 435. The van der Waals surface area contributed by atoms with Crippen LogP contribution in [0, 0.1) is 21.4 Å². The van der Waals surface area contributed by atoms with Gasteiger partial charge >= 0.3 is 5.69 Å². The number of pyridine rings is 1. The van der Waals surface area contributed by atoms with Gasteiger partial charge < -0.3 is 4.90 Å². The monoisotopic (exact) mass is 220 g/mol. The molecular formula is C10H12N4O2. The maximum absolute atomic E-state index is 10.6. The third-order valence-electron chi connectivity index (χ3n) is 2.25. The minimum absolute atomic E-state index is 0.144. The Kier molecular flexibility index (Phi) is 3.78. The molecule has 0 N–H and O–H groups in total. The molecule has 0 unspecified atom stereocenters. The maximum Gasteiger partial charge on any atom is 0.305 e. The highest BCUT2D eigenvalue weighted by atomic mass is 16.6. The molecular weight excluding hydrogens is 208 g/mol. The Labute approximate surface area is 93.3 Å². The van der Waals surface area contributed by atoms with E-state index in [2.05, 4.69) is 4.98 Å². The molecule has 0 fully saturated rings. The summed E-state index contributed by atoms with van der Waals surface area (Å²) in [6, 6.07) is 4.62. The maximum atomic E-state index is 10.6. The van der Waals surface area contributed by atoms with E-state index in [0.717, 1.165) is 13.1 Å². The zero-order valence-corrected chi connectivity index (χ0v) is 9.17. The average molecular weight is 220 g/mol. The molecule has 0 atom stereocenters. The van der Waals surface area contributed by atoms with E-state index in [1.54, 1.807) is 12.1 Å². The van der Waals surface area contributed by atoms with E-state index in [1.807, 2.05) is 18.7 Å². The summed E-state index contributed by atoms with van der Waals surface area (Å²) in [4.78, 5) is 15.9. The number of hydrogen-bond acceptors (Lipinski definition) is 5. The van der Waals surface area contributed by atoms with Gasteiger partial charge in [0.05, 0.1) is 4.92 Å². The fraction of sp³-hybridized carbons (Fsp3) is 0.400. The van der Waals surface area contributed by atoms with E-state index in [0.29, 0.717) is 5.82 Å². The summed E-state index contributed by atoms with van der Waals surface area (Å²) in [7, 11) is 0. The van der Waals surface area contributed by atoms with Crippen molar-refractivity contribution in [3.63, 3.8) is 0 Å². The summed E-state index contributed by atoms with van der Waals surface area (Å²) >= 11 is 0. The quantitative estimate of drug-likeness (QED) is 0.569. The number of hydrogen-bond donors (Lipinski definition) is 0. The largest absolute Gasteiger partial charge is 0.357 e. The predicted molar refractivity (Wildman–Crippen MR) is 59.2 cm³/mol. The summed E-state index contributed by atoms with van der Waals surface area (Å²) in [5, 5.41) is 19.4. The Hall–Kier alpha value is -2.16. The van der Waals surface area contributed by atoms with Crippen LogP contribution in [0.5, 0.6) is 0 Å². The molecule has 0 aromatic carbocycles. The Morgan fingerprint density at radius 2 is 2.12 bits per heavy atom. The summed E-state index contributed by atoms with van der Waals surface area (Å²) in [6.45, 7) is 5.40. The van der Waals surface area contributed by atoms with Crippen molar-refractivity contribution in [1.29, 1.82) is 5.26 Å². The molecule has 0 aliphatic rings. The first-order valence-corrected chi connectivity index (χ1v) is 4.94. The van der Waals surface area contributed by atoms with Gasteiger partial charge in [-0.1, -0.05) is 0 Å². The van der Waals surface area contributed by atoms with Gasteiger partial charge in [0.25, 0.3) is 0 Å². The first-order chi connectivity index (χ1) is 7.63. The van der Waals surface area contributed by atoms with Crippen molar-refractivity contribution >= 4 is 11.5 Å². The number of rotatable bonds is 4. The van der Waals surface area contributed by atoms with Crippen molar-refractivity contribution in [2.45, 2.75) is 13.8 Å². The lowest BCUT2D eigenvalue weighted by atomic mass is 10.3. The number of aromatic nitrogens is 1. The lowest BCUT2D eigenvalue weighted by Crippen LogP contribution is -2.23. The topological polar surface area (TPSA) is 83.1 Å². The summed E-state index contributed by atoms with van der Waals surface area (Å²) in [5.41, 5.74) is -0.396. The number of anilines is 1. The van der Waals surface area contributed by atoms with E-state index in [1.165, 1.54) is 6.07 Å². The molecule has 0 aliphatic carbocycles. The fourth-order valence-electron chi connectivity index (χ4n) is 1.39. The summed E-state index contributed by atoms with van der Waals surface area (Å²) in [5.74, 6) is 0.590. The van der Waals surface area contributed by atoms with E-state index < -0.39 is 4.92 Å². The van der Waals surface area contributed by atoms with E-state index in [4.69, 9.17) is 5.26 Å². The van der Waals surface area contributed by atoms with Gasteiger partial charge in [-0.25, -0.2) is 4.98 Å². The van der Waals surface area contributed by atoms with Crippen molar-refractivity contribution < 1.29 is 4.92 Å². The van der Waals surface area contributed by atoms with Gasteiger partial charge in [-0.2, -0.15) is 5.26 Å². The van der Waals surface area contributed by atoms with Crippen LogP contribution in [0.1, 0.15) is 19.5 Å². The Balaban J connectivity index is 3.19. The van der Waals surface area contributed by atoms with Crippen molar-refractivity contribution in [3.05, 3.63) is 27.9 Å². The third-order valence-corrected chi connectivity index (χ3v) is 2.25. The molecule has 84 valence electrons. The van der Waals surface area contributed by atoms with Gasteiger partial charge in [-0.15, -0.1) is 0 Å². The van der Waals surface area contributed by atoms with Crippen molar-refractivity contribution in [2.24, 2.45) is 0 Å². The van der Waals surface area contributed by atoms with Gasteiger partial charge in [-0.05, 0) is 19.9 Å². The van der Waals surface area contributed by atoms with Crippen LogP contribution in [0.3, 0.4) is 0 Å². The lowest BCUT2D eigenvalue weighted by molar-refractivity contribution is -0.385. The molecule has 0 radical (unpaired) electrons. The second kappa shape index (κ2) is 5.07. The molecule has 6 nitrogen and oxygen atoms in total. The molecule has 1 heterocycles. The van der Waals surface area contributed by atoms with Crippen LogP contribution in [0.2, 0.25) is 0 Å². The van der Waals surface area contributed by atoms with Gasteiger partial charge in [0.1, 0.15) is 11.9 Å². The highest BCUT2D eigenvalue weighted by Gasteiger charge is 2.16. The minimum Gasteiger partial charge on any atom is -0.357 e.